The number of nitrogens with zero attached hydrogens (tertiary/aromatic N) is 1. The van der Waals surface area contributed by atoms with Crippen LogP contribution in [0.3, 0.4) is 0 Å². The van der Waals surface area contributed by atoms with Crippen LogP contribution < -0.4 is 5.43 Å². The molecule has 0 aromatic carbocycles. The summed E-state index contributed by atoms with van der Waals surface area (Å²) >= 11 is 0. The third-order valence-electron chi connectivity index (χ3n) is 3.75. The van der Waals surface area contributed by atoms with Gasteiger partial charge in [-0.15, -0.1) is 0 Å². The smallest absolute Gasteiger partial charge is 0.191 e. The largest absolute Gasteiger partial charge is 0.506 e. The summed E-state index contributed by atoms with van der Waals surface area (Å²) in [6.45, 7) is 2.92. The predicted molar refractivity (Wildman–Crippen MR) is 83.1 cm³/mol. The summed E-state index contributed by atoms with van der Waals surface area (Å²) in [7, 11) is 0. The highest BCUT2D eigenvalue weighted by Gasteiger charge is 2.18. The summed E-state index contributed by atoms with van der Waals surface area (Å²) < 4.78 is 1.89. The van der Waals surface area contributed by atoms with Crippen molar-refractivity contribution in [3.8, 4) is 17.0 Å². The second kappa shape index (κ2) is 7.07. The van der Waals surface area contributed by atoms with Crippen LogP contribution in [0.1, 0.15) is 49.4 Å². The van der Waals surface area contributed by atoms with E-state index in [1.165, 1.54) is 25.3 Å². The molecule has 0 saturated heterocycles. The van der Waals surface area contributed by atoms with Crippen LogP contribution >= 0.6 is 0 Å². The van der Waals surface area contributed by atoms with Gasteiger partial charge in [0.2, 0.25) is 0 Å². The molecule has 112 valence electrons. The minimum Gasteiger partial charge on any atom is -0.506 e. The van der Waals surface area contributed by atoms with Crippen molar-refractivity contribution in [2.45, 2.75) is 45.6 Å². The van der Waals surface area contributed by atoms with Gasteiger partial charge >= 0.3 is 0 Å². The van der Waals surface area contributed by atoms with E-state index in [2.05, 4.69) is 6.92 Å². The monoisotopic (exact) mass is 287 g/mol. The van der Waals surface area contributed by atoms with Crippen LogP contribution in [0.2, 0.25) is 0 Å². The molecule has 0 aromatic rings. The molecule has 2 aliphatic rings. The van der Waals surface area contributed by atoms with Crippen LogP contribution in [-0.4, -0.2) is 16.0 Å². The molecule has 0 spiro atoms. The van der Waals surface area contributed by atoms with Crippen molar-refractivity contribution in [3.05, 3.63) is 40.2 Å². The van der Waals surface area contributed by atoms with Gasteiger partial charge < -0.3 is 9.67 Å². The van der Waals surface area contributed by atoms with Crippen LogP contribution in [0.25, 0.3) is 11.3 Å². The highest BCUT2D eigenvalue weighted by molar-refractivity contribution is 5.85. The maximum Gasteiger partial charge on any atom is 0.191 e. The molecule has 0 unspecified atom stereocenters. The quantitative estimate of drug-likeness (QED) is 0.627. The molecule has 1 aliphatic carbocycles. The molecule has 1 N–H and O–H groups in total. The molecule has 1 aliphatic heterocycles. The van der Waals surface area contributed by atoms with Crippen molar-refractivity contribution < 1.29 is 9.90 Å². The predicted octanol–water partition coefficient (Wildman–Crippen LogP) is 3.44. The van der Waals surface area contributed by atoms with E-state index in [1.807, 2.05) is 4.57 Å². The minimum absolute atomic E-state index is 0.166. The van der Waals surface area contributed by atoms with Gasteiger partial charge in [-0.05, 0) is 18.6 Å². The third-order valence-corrected chi connectivity index (χ3v) is 3.75. The molecule has 4 nitrogen and oxygen atoms in total. The molecule has 0 radical (unpaired) electrons. The summed E-state index contributed by atoms with van der Waals surface area (Å²) in [5, 5.41) is 10.1. The van der Waals surface area contributed by atoms with Crippen molar-refractivity contribution in [2.24, 2.45) is 0 Å². The Morgan fingerprint density at radius 1 is 1.19 bits per heavy atom. The second-order valence-electron chi connectivity index (χ2n) is 5.31. The lowest BCUT2D eigenvalue weighted by Crippen LogP contribution is -2.13. The highest BCUT2D eigenvalue weighted by Crippen LogP contribution is 2.30. The molecule has 21 heavy (non-hydrogen) atoms. The van der Waals surface area contributed by atoms with E-state index in [9.17, 15) is 14.7 Å². The fraction of sp³-hybridized carbons (Fsp3) is 0.412. The normalized spacial score (nSPS) is 10.9. The fourth-order valence-corrected chi connectivity index (χ4v) is 2.60. The number of benzene rings is 1. The molecule has 0 atom stereocenters. The average Bonchev–Trinajstić information content (AvgIpc) is 2.49. The molecule has 1 heterocycles. The first kappa shape index (κ1) is 15.3. The average molecular weight is 287 g/mol. The minimum atomic E-state index is -0.256. The first-order valence-corrected chi connectivity index (χ1v) is 7.49. The number of fused-ring (bicyclic) bond motifs is 1. The first-order chi connectivity index (χ1) is 10.2. The number of hydrogen-bond acceptors (Lipinski definition) is 3. The number of aryl methyl sites for hydroxylation is 1. The number of aldehydes is 1. The van der Waals surface area contributed by atoms with E-state index in [0.29, 0.717) is 12.0 Å². The molecular formula is C17H21NO3. The van der Waals surface area contributed by atoms with Crippen molar-refractivity contribution in [2.75, 3.05) is 0 Å². The fourth-order valence-electron chi connectivity index (χ4n) is 2.60. The zero-order valence-electron chi connectivity index (χ0n) is 12.3. The molecule has 0 bridgehead atoms. The van der Waals surface area contributed by atoms with Gasteiger partial charge in [-0.1, -0.05) is 38.7 Å². The zero-order chi connectivity index (χ0) is 15.2. The van der Waals surface area contributed by atoms with Crippen LogP contribution in [-0.2, 0) is 6.54 Å². The first-order valence-electron chi connectivity index (χ1n) is 7.49. The van der Waals surface area contributed by atoms with E-state index < -0.39 is 0 Å². The van der Waals surface area contributed by atoms with Gasteiger partial charge in [-0.3, -0.25) is 9.59 Å². The van der Waals surface area contributed by atoms with Gasteiger partial charge in [0, 0.05) is 12.7 Å². The Kier molecular flexibility index (Phi) is 5.14. The third kappa shape index (κ3) is 3.32. The number of pyridine rings is 1. The molecule has 0 saturated carbocycles. The van der Waals surface area contributed by atoms with E-state index in [1.54, 1.807) is 18.3 Å². The number of unbranched alkanes of at least 4 members (excludes halogenated alkanes) is 4. The number of carbonyl (C=O) groups excluding carboxylic acids is 1. The number of aromatic nitrogens is 1. The van der Waals surface area contributed by atoms with Crippen molar-refractivity contribution in [3.63, 3.8) is 0 Å². The standard InChI is InChI=1S/C17H21NO3/c1-2-3-4-5-6-10-18-11-13(12-19)17(21)16-14(18)8-7-9-15(16)20/h7-9,11-12,21H,2-6,10H2,1H3. The Morgan fingerprint density at radius 2 is 1.95 bits per heavy atom. The Labute approximate surface area is 124 Å². The maximum absolute atomic E-state index is 11.9. The van der Waals surface area contributed by atoms with Gasteiger partial charge in [0.05, 0.1) is 16.8 Å². The maximum atomic E-state index is 11.9. The van der Waals surface area contributed by atoms with E-state index >= 15 is 0 Å². The Balaban J connectivity index is 2.30. The van der Waals surface area contributed by atoms with Crippen LogP contribution in [0.15, 0.2) is 29.2 Å². The van der Waals surface area contributed by atoms with Crippen molar-refractivity contribution >= 4 is 6.29 Å². The Morgan fingerprint density at radius 3 is 2.67 bits per heavy atom. The highest BCUT2D eigenvalue weighted by atomic mass is 16.3. The topological polar surface area (TPSA) is 59.3 Å². The van der Waals surface area contributed by atoms with Crippen LogP contribution in [0.5, 0.6) is 5.75 Å². The molecular weight excluding hydrogens is 266 g/mol. The van der Waals surface area contributed by atoms with Gasteiger partial charge in [0.25, 0.3) is 0 Å². The van der Waals surface area contributed by atoms with E-state index in [-0.39, 0.29) is 22.3 Å². The van der Waals surface area contributed by atoms with Crippen molar-refractivity contribution in [1.29, 1.82) is 0 Å². The molecule has 0 aromatic heterocycles. The van der Waals surface area contributed by atoms with Gasteiger partial charge in [0.1, 0.15) is 5.75 Å². The van der Waals surface area contributed by atoms with Crippen molar-refractivity contribution in [1.82, 2.24) is 4.57 Å². The number of aromatic hydroxyl groups is 1. The van der Waals surface area contributed by atoms with Gasteiger partial charge in [0.15, 0.2) is 11.7 Å². The summed E-state index contributed by atoms with van der Waals surface area (Å²) in [6, 6.07) is 4.89. The van der Waals surface area contributed by atoms with Gasteiger partial charge in [-0.2, -0.15) is 0 Å². The molecule has 2 rings (SSSR count). The SMILES string of the molecule is CCCCCCCn1cc(C=O)c(O)c2c(=O)cccc1-2. The lowest BCUT2D eigenvalue weighted by atomic mass is 10.0. The second-order valence-corrected chi connectivity index (χ2v) is 5.31. The summed E-state index contributed by atoms with van der Waals surface area (Å²) in [6.07, 6.45) is 7.96. The Bertz CT molecular complexity index is 645. The van der Waals surface area contributed by atoms with Crippen LogP contribution in [0, 0.1) is 0 Å². The van der Waals surface area contributed by atoms with Gasteiger partial charge in [-0.25, -0.2) is 0 Å². The summed E-state index contributed by atoms with van der Waals surface area (Å²) in [5.74, 6) is -0.215. The number of carbonyl (C=O) groups is 1. The Hall–Kier alpha value is -2.10. The van der Waals surface area contributed by atoms with E-state index in [0.717, 1.165) is 19.4 Å². The van der Waals surface area contributed by atoms with Crippen LogP contribution in [0.4, 0.5) is 0 Å². The molecule has 0 amide bonds. The summed E-state index contributed by atoms with van der Waals surface area (Å²) in [5.41, 5.74) is 0.824. The molecule has 0 fully saturated rings. The lowest BCUT2D eigenvalue weighted by Gasteiger charge is -2.17. The number of rotatable bonds is 7. The molecule has 4 heteroatoms. The number of hydrogen-bond donors (Lipinski definition) is 1. The van der Waals surface area contributed by atoms with E-state index in [4.69, 9.17) is 0 Å². The zero-order valence-corrected chi connectivity index (χ0v) is 12.3. The lowest BCUT2D eigenvalue weighted by molar-refractivity contribution is 0.112. The summed E-state index contributed by atoms with van der Waals surface area (Å²) in [4.78, 5) is 23.0.